The van der Waals surface area contributed by atoms with E-state index in [0.717, 1.165) is 16.2 Å². The highest BCUT2D eigenvalue weighted by Gasteiger charge is 2.03. The molecule has 0 aliphatic carbocycles. The van der Waals surface area contributed by atoms with Crippen LogP contribution in [0.15, 0.2) is 58.5 Å². The lowest BCUT2D eigenvalue weighted by atomic mass is 10.1. The van der Waals surface area contributed by atoms with Gasteiger partial charge in [-0.25, -0.2) is 5.43 Å². The second kappa shape index (κ2) is 8.01. The quantitative estimate of drug-likeness (QED) is 0.504. The number of nitrogens with one attached hydrogen (secondary N) is 1. The molecule has 1 N–H and O–H groups in total. The van der Waals surface area contributed by atoms with Crippen LogP contribution in [0.2, 0.25) is 5.02 Å². The molecule has 0 radical (unpaired) electrons. The maximum Gasteiger partial charge on any atom is 0.250 e. The Hall–Kier alpha value is -1.78. The molecule has 5 heteroatoms. The van der Waals surface area contributed by atoms with Gasteiger partial charge in [0, 0.05) is 9.92 Å². The number of hydrogen-bond donors (Lipinski definition) is 1. The van der Waals surface area contributed by atoms with Crippen LogP contribution in [0.1, 0.15) is 18.1 Å². The van der Waals surface area contributed by atoms with Crippen LogP contribution >= 0.6 is 23.4 Å². The number of aryl methyl sites for hydroxylation is 1. The third-order valence-electron chi connectivity index (χ3n) is 3.00. The highest BCUT2D eigenvalue weighted by Crippen LogP contribution is 2.17. The Balaban J connectivity index is 1.85. The molecule has 0 aliphatic rings. The van der Waals surface area contributed by atoms with E-state index < -0.39 is 0 Å². The highest BCUT2D eigenvalue weighted by molar-refractivity contribution is 8.00. The van der Waals surface area contributed by atoms with E-state index in [1.54, 1.807) is 12.1 Å². The first-order valence-electron chi connectivity index (χ1n) is 6.83. The molecule has 0 saturated heterocycles. The fourth-order valence-electron chi connectivity index (χ4n) is 1.72. The second-order valence-corrected chi connectivity index (χ2v) is 6.33. The van der Waals surface area contributed by atoms with Crippen molar-refractivity contribution >= 4 is 35.0 Å². The number of hydrazone groups is 1. The summed E-state index contributed by atoms with van der Waals surface area (Å²) in [5.41, 5.74) is 5.45. The summed E-state index contributed by atoms with van der Waals surface area (Å²) in [6.07, 6.45) is 0. The van der Waals surface area contributed by atoms with Crippen molar-refractivity contribution in [2.45, 2.75) is 18.7 Å². The Morgan fingerprint density at radius 1 is 1.14 bits per heavy atom. The Morgan fingerprint density at radius 2 is 1.77 bits per heavy atom. The SMILES string of the molecule is C/C(=N/NC(=O)CSc1ccc(C)cc1)c1ccc(Cl)cc1. The van der Waals surface area contributed by atoms with Crippen molar-refractivity contribution in [2.24, 2.45) is 5.10 Å². The van der Waals surface area contributed by atoms with Crippen molar-refractivity contribution in [3.05, 3.63) is 64.7 Å². The van der Waals surface area contributed by atoms with Gasteiger partial charge in [0.1, 0.15) is 0 Å². The Bertz CT molecular complexity index is 666. The number of thioether (sulfide) groups is 1. The van der Waals surface area contributed by atoms with E-state index in [2.05, 4.69) is 10.5 Å². The Morgan fingerprint density at radius 3 is 2.41 bits per heavy atom. The van der Waals surface area contributed by atoms with E-state index in [1.165, 1.54) is 17.3 Å². The van der Waals surface area contributed by atoms with Crippen LogP contribution in [0.4, 0.5) is 0 Å². The standard InChI is InChI=1S/C17H17ClN2OS/c1-12-3-9-16(10-4-12)22-11-17(21)20-19-13(2)14-5-7-15(18)8-6-14/h3-10H,11H2,1-2H3,(H,20,21)/b19-13-. The van der Waals surface area contributed by atoms with Gasteiger partial charge >= 0.3 is 0 Å². The van der Waals surface area contributed by atoms with Gasteiger partial charge in [-0.15, -0.1) is 11.8 Å². The number of rotatable bonds is 5. The molecule has 3 nitrogen and oxygen atoms in total. The van der Waals surface area contributed by atoms with Gasteiger partial charge in [0.05, 0.1) is 11.5 Å². The smallest absolute Gasteiger partial charge is 0.250 e. The maximum absolute atomic E-state index is 11.8. The minimum atomic E-state index is -0.126. The fraction of sp³-hybridized carbons (Fsp3) is 0.176. The molecule has 0 saturated carbocycles. The van der Waals surface area contributed by atoms with Crippen LogP contribution in [0.5, 0.6) is 0 Å². The van der Waals surface area contributed by atoms with Crippen molar-refractivity contribution in [1.82, 2.24) is 5.43 Å². The van der Waals surface area contributed by atoms with Gasteiger partial charge in [-0.2, -0.15) is 5.10 Å². The molecule has 0 heterocycles. The van der Waals surface area contributed by atoms with Crippen LogP contribution in [0.25, 0.3) is 0 Å². The molecular weight excluding hydrogens is 316 g/mol. The van der Waals surface area contributed by atoms with Crippen LogP contribution < -0.4 is 5.43 Å². The van der Waals surface area contributed by atoms with Gasteiger partial charge in [0.25, 0.3) is 0 Å². The zero-order valence-corrected chi connectivity index (χ0v) is 14.0. The van der Waals surface area contributed by atoms with Gasteiger partial charge in [0.2, 0.25) is 5.91 Å². The van der Waals surface area contributed by atoms with E-state index in [0.29, 0.717) is 10.8 Å². The zero-order valence-electron chi connectivity index (χ0n) is 12.5. The minimum Gasteiger partial charge on any atom is -0.272 e. The molecule has 1 amide bonds. The first-order chi connectivity index (χ1) is 10.5. The summed E-state index contributed by atoms with van der Waals surface area (Å²) in [4.78, 5) is 12.9. The molecular formula is C17H17ClN2OS. The number of amides is 1. The van der Waals surface area contributed by atoms with Crippen LogP contribution in [-0.4, -0.2) is 17.4 Å². The summed E-state index contributed by atoms with van der Waals surface area (Å²) in [5.74, 6) is 0.208. The number of hydrogen-bond acceptors (Lipinski definition) is 3. The molecule has 2 aromatic rings. The summed E-state index contributed by atoms with van der Waals surface area (Å²) in [7, 11) is 0. The largest absolute Gasteiger partial charge is 0.272 e. The predicted octanol–water partition coefficient (Wildman–Crippen LogP) is 4.28. The van der Waals surface area contributed by atoms with Crippen molar-refractivity contribution in [1.29, 1.82) is 0 Å². The summed E-state index contributed by atoms with van der Waals surface area (Å²) in [6.45, 7) is 3.88. The van der Waals surface area contributed by atoms with Gasteiger partial charge < -0.3 is 0 Å². The maximum atomic E-state index is 11.8. The van der Waals surface area contributed by atoms with Crippen LogP contribution in [-0.2, 0) is 4.79 Å². The molecule has 0 aromatic heterocycles. The molecule has 0 unspecified atom stereocenters. The second-order valence-electron chi connectivity index (χ2n) is 4.84. The number of carbonyl (C=O) groups excluding carboxylic acids is 1. The van der Waals surface area contributed by atoms with Crippen LogP contribution in [0.3, 0.4) is 0 Å². The molecule has 22 heavy (non-hydrogen) atoms. The third kappa shape index (κ3) is 5.20. The van der Waals surface area contributed by atoms with E-state index in [-0.39, 0.29) is 5.91 Å². The lowest BCUT2D eigenvalue weighted by Gasteiger charge is -2.04. The molecule has 114 valence electrons. The van der Waals surface area contributed by atoms with Crippen LogP contribution in [0, 0.1) is 6.92 Å². The van der Waals surface area contributed by atoms with E-state index >= 15 is 0 Å². The summed E-state index contributed by atoms with van der Waals surface area (Å²) < 4.78 is 0. The molecule has 2 aromatic carbocycles. The average Bonchev–Trinajstić information content (AvgIpc) is 2.52. The lowest BCUT2D eigenvalue weighted by Crippen LogP contribution is -2.21. The van der Waals surface area contributed by atoms with Gasteiger partial charge in [-0.05, 0) is 43.7 Å². The number of nitrogens with zero attached hydrogens (tertiary/aromatic N) is 1. The minimum absolute atomic E-state index is 0.126. The topological polar surface area (TPSA) is 41.5 Å². The number of halogens is 1. The molecule has 0 aliphatic heterocycles. The third-order valence-corrected chi connectivity index (χ3v) is 4.27. The van der Waals surface area contributed by atoms with Crippen molar-refractivity contribution < 1.29 is 4.79 Å². The summed E-state index contributed by atoms with van der Waals surface area (Å²) in [6, 6.07) is 15.4. The normalized spacial score (nSPS) is 11.3. The average molecular weight is 333 g/mol. The van der Waals surface area contributed by atoms with E-state index in [4.69, 9.17) is 11.6 Å². The lowest BCUT2D eigenvalue weighted by molar-refractivity contribution is -0.118. The molecule has 0 bridgehead atoms. The molecule has 0 spiro atoms. The monoisotopic (exact) mass is 332 g/mol. The zero-order chi connectivity index (χ0) is 15.9. The van der Waals surface area contributed by atoms with Gasteiger partial charge in [-0.1, -0.05) is 41.4 Å². The predicted molar refractivity (Wildman–Crippen MR) is 93.7 cm³/mol. The summed E-state index contributed by atoms with van der Waals surface area (Å²) in [5, 5.41) is 4.79. The molecule has 0 fully saturated rings. The molecule has 0 atom stereocenters. The Labute approximate surface area is 139 Å². The van der Waals surface area contributed by atoms with E-state index in [9.17, 15) is 4.79 Å². The molecule has 2 rings (SSSR count). The number of carbonyl (C=O) groups is 1. The first-order valence-corrected chi connectivity index (χ1v) is 8.19. The first kappa shape index (κ1) is 16.6. The van der Waals surface area contributed by atoms with Crippen molar-refractivity contribution in [3.8, 4) is 0 Å². The number of benzene rings is 2. The Kier molecular flexibility index (Phi) is 6.04. The van der Waals surface area contributed by atoms with Crippen molar-refractivity contribution in [2.75, 3.05) is 5.75 Å². The highest BCUT2D eigenvalue weighted by atomic mass is 35.5. The van der Waals surface area contributed by atoms with Gasteiger partial charge in [0.15, 0.2) is 0 Å². The van der Waals surface area contributed by atoms with Crippen molar-refractivity contribution in [3.63, 3.8) is 0 Å². The summed E-state index contributed by atoms with van der Waals surface area (Å²) >= 11 is 7.33. The fourth-order valence-corrected chi connectivity index (χ4v) is 2.53. The van der Waals surface area contributed by atoms with E-state index in [1.807, 2.05) is 50.2 Å². The van der Waals surface area contributed by atoms with Gasteiger partial charge in [-0.3, -0.25) is 4.79 Å².